The molecule has 2 aromatic heterocycles. The van der Waals surface area contributed by atoms with Crippen LogP contribution in [-0.2, 0) is 16.1 Å². The number of nitrogens with zero attached hydrogens (tertiary/aromatic N) is 4. The lowest BCUT2D eigenvalue weighted by molar-refractivity contribution is 0.130. The van der Waals surface area contributed by atoms with Crippen molar-refractivity contribution in [1.82, 2.24) is 19.1 Å². The number of nitrogens with one attached hydrogen (secondary N) is 1. The second-order valence-electron chi connectivity index (χ2n) is 10.1. The Morgan fingerprint density at radius 3 is 2.71 bits per heavy atom. The van der Waals surface area contributed by atoms with Crippen molar-refractivity contribution in [2.75, 3.05) is 31.2 Å². The van der Waals surface area contributed by atoms with Crippen LogP contribution in [0.25, 0.3) is 5.65 Å². The lowest BCUT2D eigenvalue weighted by Gasteiger charge is -2.42. The number of imidazole rings is 1. The fraction of sp³-hybridized carbons (Fsp3) is 0.500. The van der Waals surface area contributed by atoms with Crippen molar-refractivity contribution in [3.8, 4) is 0 Å². The Bertz CT molecular complexity index is 1210. The molecule has 2 aliphatic rings. The Hall–Kier alpha value is -1.20. The second-order valence-corrected chi connectivity index (χ2v) is 14.0. The van der Waals surface area contributed by atoms with Gasteiger partial charge in [0.2, 0.25) is 5.95 Å². The Morgan fingerprint density at radius 2 is 1.97 bits per heavy atom. The Balaban J connectivity index is 1.33. The Morgan fingerprint density at radius 1 is 1.20 bits per heavy atom. The lowest BCUT2D eigenvalue weighted by atomic mass is 9.75. The number of hydrogen-bond acceptors (Lipinski definition) is 7. The van der Waals surface area contributed by atoms with Crippen LogP contribution in [0.5, 0.6) is 0 Å². The molecule has 188 valence electrons. The molecule has 35 heavy (non-hydrogen) atoms. The van der Waals surface area contributed by atoms with Crippen molar-refractivity contribution >= 4 is 57.9 Å². The third-order valence-electron chi connectivity index (χ3n) is 6.77. The minimum absolute atomic E-state index is 0.00934. The first-order valence-electron chi connectivity index (χ1n) is 11.6. The first-order valence-corrected chi connectivity index (χ1v) is 14.3. The average molecular weight is 555 g/mol. The summed E-state index contributed by atoms with van der Waals surface area (Å²) in [6.07, 6.45) is 7.49. The summed E-state index contributed by atoms with van der Waals surface area (Å²) >= 11 is 13.0. The van der Waals surface area contributed by atoms with Gasteiger partial charge in [0.25, 0.3) is 0 Å². The molecule has 0 aliphatic carbocycles. The zero-order valence-corrected chi connectivity index (χ0v) is 23.1. The zero-order chi connectivity index (χ0) is 24.8. The number of halogens is 2. The molecule has 0 radical (unpaired) electrons. The highest BCUT2D eigenvalue weighted by Crippen LogP contribution is 2.42. The van der Waals surface area contributed by atoms with Crippen molar-refractivity contribution in [1.29, 1.82) is 0 Å². The van der Waals surface area contributed by atoms with Gasteiger partial charge in [0, 0.05) is 53.4 Å². The van der Waals surface area contributed by atoms with Gasteiger partial charge in [-0.15, -0.1) is 4.72 Å². The summed E-state index contributed by atoms with van der Waals surface area (Å²) < 4.78 is 23.7. The summed E-state index contributed by atoms with van der Waals surface area (Å²) in [5.74, 6) is 0.871. The third kappa shape index (κ3) is 5.01. The van der Waals surface area contributed by atoms with Gasteiger partial charge in [-0.3, -0.25) is 4.40 Å². The summed E-state index contributed by atoms with van der Waals surface area (Å²) in [6.45, 7) is 8.96. The van der Waals surface area contributed by atoms with Crippen LogP contribution in [0.4, 0.5) is 5.95 Å². The van der Waals surface area contributed by atoms with E-state index in [9.17, 15) is 4.55 Å². The van der Waals surface area contributed by atoms with E-state index < -0.39 is 11.4 Å². The van der Waals surface area contributed by atoms with E-state index in [1.165, 1.54) is 11.8 Å². The number of rotatable bonds is 5. The zero-order valence-electron chi connectivity index (χ0n) is 20.0. The van der Waals surface area contributed by atoms with Crippen LogP contribution in [0.2, 0.25) is 10.0 Å². The van der Waals surface area contributed by atoms with Crippen LogP contribution in [0.3, 0.4) is 0 Å². The topological polar surface area (TPSA) is 77.8 Å². The van der Waals surface area contributed by atoms with E-state index in [-0.39, 0.29) is 16.2 Å². The standard InChI is InChI=1S/C24H29Cl2N5O2S2/c1-23(2,3)35(32)29-19-14-33-15-24(19)7-10-30(11-8-24)22-28-13-18(21-27-9-12-31(21)22)34-17-6-4-5-16(25)20(17)26/h4-6,9,12-13,19,29H,7-8,10-11,14-15H2,1-3H3/t19-,35-/m1/s1. The Kier molecular flexibility index (Phi) is 7.22. The highest BCUT2D eigenvalue weighted by Gasteiger charge is 2.49. The van der Waals surface area contributed by atoms with Gasteiger partial charge in [-0.05, 0) is 45.7 Å². The molecular weight excluding hydrogens is 525 g/mol. The number of piperidine rings is 1. The van der Waals surface area contributed by atoms with Gasteiger partial charge in [0.15, 0.2) is 5.65 Å². The van der Waals surface area contributed by atoms with E-state index in [1.807, 2.05) is 49.7 Å². The molecule has 0 bridgehead atoms. The van der Waals surface area contributed by atoms with Gasteiger partial charge in [-0.2, -0.15) is 0 Å². The fourth-order valence-corrected chi connectivity index (χ4v) is 6.97. The van der Waals surface area contributed by atoms with Crippen LogP contribution in [-0.4, -0.2) is 56.0 Å². The van der Waals surface area contributed by atoms with E-state index in [4.69, 9.17) is 32.9 Å². The molecule has 2 fully saturated rings. The summed E-state index contributed by atoms with van der Waals surface area (Å²) in [5, 5.41) is 1.06. The average Bonchev–Trinajstić information content (AvgIpc) is 3.45. The van der Waals surface area contributed by atoms with Gasteiger partial charge in [0.05, 0.1) is 34.2 Å². The molecule has 0 unspecified atom stereocenters. The first-order chi connectivity index (χ1) is 16.7. The van der Waals surface area contributed by atoms with E-state index in [0.29, 0.717) is 23.3 Å². The summed E-state index contributed by atoms with van der Waals surface area (Å²) in [6, 6.07) is 5.69. The van der Waals surface area contributed by atoms with E-state index in [1.54, 1.807) is 12.3 Å². The number of ether oxygens (including phenoxy) is 1. The maximum Gasteiger partial charge on any atom is 0.211 e. The normalized spacial score (nSPS) is 21.2. The van der Waals surface area contributed by atoms with Gasteiger partial charge >= 0.3 is 0 Å². The number of hydrogen-bond donors (Lipinski definition) is 1. The molecule has 0 saturated carbocycles. The van der Waals surface area contributed by atoms with Crippen LogP contribution in [0, 0.1) is 5.41 Å². The lowest BCUT2D eigenvalue weighted by Crippen LogP contribution is -2.55. The molecule has 5 rings (SSSR count). The molecule has 4 heterocycles. The highest BCUT2D eigenvalue weighted by molar-refractivity contribution is 7.99. The summed E-state index contributed by atoms with van der Waals surface area (Å²) in [4.78, 5) is 13.5. The predicted octanol–water partition coefficient (Wildman–Crippen LogP) is 5.22. The highest BCUT2D eigenvalue weighted by atomic mass is 35.5. The molecule has 1 N–H and O–H groups in total. The number of benzene rings is 1. The van der Waals surface area contributed by atoms with Gasteiger partial charge in [0.1, 0.15) is 4.75 Å². The summed E-state index contributed by atoms with van der Waals surface area (Å²) in [5.41, 5.74) is 0.825. The van der Waals surface area contributed by atoms with Crippen molar-refractivity contribution in [2.45, 2.75) is 54.2 Å². The molecule has 2 saturated heterocycles. The first kappa shape index (κ1) is 25.4. The quantitative estimate of drug-likeness (QED) is 0.433. The van der Waals surface area contributed by atoms with Crippen molar-refractivity contribution in [3.05, 3.63) is 46.8 Å². The monoisotopic (exact) mass is 553 g/mol. The molecular formula is C24H29Cl2N5O2S2. The number of aromatic nitrogens is 3. The molecule has 3 aromatic rings. The molecule has 7 nitrogen and oxygen atoms in total. The van der Waals surface area contributed by atoms with E-state index >= 15 is 0 Å². The number of anilines is 1. The predicted molar refractivity (Wildman–Crippen MR) is 143 cm³/mol. The molecule has 11 heteroatoms. The fourth-order valence-electron chi connectivity index (χ4n) is 4.64. The van der Waals surface area contributed by atoms with Crippen molar-refractivity contribution < 1.29 is 9.29 Å². The second kappa shape index (κ2) is 9.93. The van der Waals surface area contributed by atoms with Crippen LogP contribution in [0.15, 0.2) is 46.6 Å². The molecule has 1 aromatic carbocycles. The van der Waals surface area contributed by atoms with Crippen LogP contribution in [0.1, 0.15) is 33.6 Å². The minimum Gasteiger partial charge on any atom is -0.598 e. The van der Waals surface area contributed by atoms with Crippen LogP contribution < -0.4 is 9.62 Å². The van der Waals surface area contributed by atoms with Crippen molar-refractivity contribution in [2.24, 2.45) is 5.41 Å². The third-order valence-corrected chi connectivity index (χ3v) is 10.4. The smallest absolute Gasteiger partial charge is 0.211 e. The van der Waals surface area contributed by atoms with Gasteiger partial charge in [-0.1, -0.05) is 41.0 Å². The molecule has 1 spiro atoms. The molecule has 2 atom stereocenters. The largest absolute Gasteiger partial charge is 0.598 e. The maximum atomic E-state index is 12.7. The molecule has 0 amide bonds. The number of fused-ring (bicyclic) bond motifs is 1. The minimum atomic E-state index is -1.12. The molecule has 2 aliphatic heterocycles. The van der Waals surface area contributed by atoms with E-state index in [0.717, 1.165) is 47.3 Å². The van der Waals surface area contributed by atoms with Crippen molar-refractivity contribution in [3.63, 3.8) is 0 Å². The summed E-state index contributed by atoms with van der Waals surface area (Å²) in [7, 11) is 0. The van der Waals surface area contributed by atoms with Gasteiger partial charge < -0.3 is 14.2 Å². The van der Waals surface area contributed by atoms with Gasteiger partial charge in [-0.25, -0.2) is 9.97 Å². The van der Waals surface area contributed by atoms with E-state index in [2.05, 4.69) is 14.6 Å². The SMILES string of the molecule is CC(C)(C)[S@@+]([O-])N[C@@H]1COCC12CCN(c1ncc(Sc3cccc(Cl)c3Cl)c3nccn13)CC2. The Labute approximate surface area is 223 Å². The van der Waals surface area contributed by atoms with Crippen LogP contribution >= 0.6 is 35.0 Å². The maximum absolute atomic E-state index is 12.7.